The molecule has 1 aromatic heterocycles. The molecule has 5 atom stereocenters. The number of carbonyl (C=O) groups is 3. The van der Waals surface area contributed by atoms with Gasteiger partial charge in [-0.1, -0.05) is 58.4 Å². The summed E-state index contributed by atoms with van der Waals surface area (Å²) in [5, 5.41) is 2.79. The van der Waals surface area contributed by atoms with Crippen molar-refractivity contribution in [3.63, 3.8) is 0 Å². The molecule has 1 aliphatic heterocycles. The maximum atomic E-state index is 13.6. The van der Waals surface area contributed by atoms with Crippen LogP contribution in [0.4, 0.5) is 5.69 Å². The number of rotatable bonds is 6. The number of hydrogen-bond acceptors (Lipinski definition) is 4. The topological polar surface area (TPSA) is 93.4 Å². The van der Waals surface area contributed by atoms with Gasteiger partial charge in [-0.05, 0) is 55.0 Å². The summed E-state index contributed by atoms with van der Waals surface area (Å²) < 4.78 is 4.04. The lowest BCUT2D eigenvalue weighted by atomic mass is 9.85. The molecule has 1 N–H and O–H groups in total. The zero-order chi connectivity index (χ0) is 26.7. The van der Waals surface area contributed by atoms with Gasteiger partial charge in [0.15, 0.2) is 0 Å². The predicted octanol–water partition coefficient (Wildman–Crippen LogP) is 4.12. The average molecular weight is 575 g/mol. The van der Waals surface area contributed by atoms with Gasteiger partial charge in [-0.3, -0.25) is 28.8 Å². The Bertz CT molecular complexity index is 1510. The number of nitrogens with one attached hydrogen (secondary N) is 1. The van der Waals surface area contributed by atoms with Crippen LogP contribution in [-0.2, 0) is 21.4 Å². The second kappa shape index (κ2) is 9.23. The lowest BCUT2D eigenvalue weighted by Crippen LogP contribution is -2.38. The number of nitrogens with zero attached hydrogens (tertiary/aromatic N) is 3. The number of amides is 3. The molecule has 3 aromatic rings. The number of anilines is 1. The zero-order valence-electron chi connectivity index (χ0n) is 21.0. The van der Waals surface area contributed by atoms with Crippen molar-refractivity contribution in [3.8, 4) is 5.69 Å². The molecule has 38 heavy (non-hydrogen) atoms. The normalized spacial score (nSPS) is 24.2. The molecule has 6 rings (SSSR count). The lowest BCUT2D eigenvalue weighted by Gasteiger charge is -2.28. The minimum absolute atomic E-state index is 0.0780. The van der Waals surface area contributed by atoms with Crippen LogP contribution in [0.5, 0.6) is 0 Å². The van der Waals surface area contributed by atoms with E-state index in [1.54, 1.807) is 18.7 Å². The number of imide groups is 1. The SMILES string of the molecule is Cc1c(NC(=O)CC(c2ccc(Br)cc2)N2C(=O)C3C4C=CC(C4)C3C2=O)c(=O)n(-c2ccccc2)n1C. The molecule has 0 radical (unpaired) electrons. The molecule has 1 saturated carbocycles. The third-order valence-corrected chi connectivity index (χ3v) is 8.80. The molecule has 5 unspecified atom stereocenters. The van der Waals surface area contributed by atoms with E-state index in [9.17, 15) is 19.2 Å². The van der Waals surface area contributed by atoms with Crippen molar-refractivity contribution >= 4 is 39.3 Å². The van der Waals surface area contributed by atoms with Crippen LogP contribution in [0.1, 0.15) is 30.1 Å². The van der Waals surface area contributed by atoms with Gasteiger partial charge in [-0.25, -0.2) is 4.68 Å². The van der Waals surface area contributed by atoms with Crippen LogP contribution in [0.3, 0.4) is 0 Å². The summed E-state index contributed by atoms with van der Waals surface area (Å²) in [4.78, 5) is 55.3. The highest BCUT2D eigenvalue weighted by molar-refractivity contribution is 9.10. The summed E-state index contributed by atoms with van der Waals surface area (Å²) >= 11 is 3.43. The van der Waals surface area contributed by atoms with Crippen molar-refractivity contribution in [2.45, 2.75) is 25.8 Å². The third kappa shape index (κ3) is 3.79. The minimum Gasteiger partial charge on any atom is -0.320 e. The van der Waals surface area contributed by atoms with E-state index in [1.165, 1.54) is 9.58 Å². The first-order valence-corrected chi connectivity index (χ1v) is 13.5. The van der Waals surface area contributed by atoms with Crippen LogP contribution in [0.25, 0.3) is 5.69 Å². The van der Waals surface area contributed by atoms with Gasteiger partial charge < -0.3 is 5.32 Å². The zero-order valence-corrected chi connectivity index (χ0v) is 22.6. The largest absolute Gasteiger partial charge is 0.320 e. The Morgan fingerprint density at radius 2 is 1.58 bits per heavy atom. The molecule has 2 bridgehead atoms. The molecule has 1 saturated heterocycles. The van der Waals surface area contributed by atoms with Crippen LogP contribution in [0.15, 0.2) is 76.0 Å². The Balaban J connectivity index is 1.31. The van der Waals surface area contributed by atoms with Gasteiger partial charge in [-0.2, -0.15) is 0 Å². The smallest absolute Gasteiger partial charge is 0.295 e. The number of fused-ring (bicyclic) bond motifs is 5. The van der Waals surface area contributed by atoms with E-state index in [4.69, 9.17) is 0 Å². The van der Waals surface area contributed by atoms with Crippen molar-refractivity contribution in [3.05, 3.63) is 92.8 Å². The molecule has 2 fully saturated rings. The highest BCUT2D eigenvalue weighted by Gasteiger charge is 2.60. The Labute approximate surface area is 228 Å². The Morgan fingerprint density at radius 1 is 0.974 bits per heavy atom. The summed E-state index contributed by atoms with van der Waals surface area (Å²) in [6.45, 7) is 1.76. The fourth-order valence-electron chi connectivity index (χ4n) is 6.35. The maximum Gasteiger partial charge on any atom is 0.295 e. The third-order valence-electron chi connectivity index (χ3n) is 8.27. The van der Waals surface area contributed by atoms with Gasteiger partial charge in [0.05, 0.1) is 35.7 Å². The van der Waals surface area contributed by atoms with Crippen molar-refractivity contribution in [1.29, 1.82) is 0 Å². The quantitative estimate of drug-likeness (QED) is 0.354. The fourth-order valence-corrected chi connectivity index (χ4v) is 6.62. The lowest BCUT2D eigenvalue weighted by molar-refractivity contribution is -0.144. The van der Waals surface area contributed by atoms with Crippen LogP contribution >= 0.6 is 15.9 Å². The maximum absolute atomic E-state index is 13.6. The van der Waals surface area contributed by atoms with Gasteiger partial charge in [0.2, 0.25) is 17.7 Å². The Morgan fingerprint density at radius 3 is 2.18 bits per heavy atom. The van der Waals surface area contributed by atoms with Crippen LogP contribution in [0, 0.1) is 30.6 Å². The summed E-state index contributed by atoms with van der Waals surface area (Å²) in [6.07, 6.45) is 4.79. The number of hydrogen-bond donors (Lipinski definition) is 1. The highest BCUT2D eigenvalue weighted by Crippen LogP contribution is 2.54. The molecule has 194 valence electrons. The molecule has 2 heterocycles. The van der Waals surface area contributed by atoms with Crippen molar-refractivity contribution in [2.75, 3.05) is 5.32 Å². The molecule has 2 aliphatic carbocycles. The number of allylic oxidation sites excluding steroid dienone is 2. The summed E-state index contributed by atoms with van der Waals surface area (Å²) in [6, 6.07) is 15.7. The van der Waals surface area contributed by atoms with Crippen molar-refractivity contribution < 1.29 is 14.4 Å². The number of likely N-dealkylation sites (tertiary alicyclic amines) is 1. The van der Waals surface area contributed by atoms with E-state index < -0.39 is 11.9 Å². The standard InChI is InChI=1S/C29H27BrN4O4/c1-16-26(29(38)34(32(16)2)21-6-4-3-5-7-21)31-23(35)15-22(17-10-12-20(30)13-11-17)33-27(36)24-18-8-9-19(14-18)25(24)28(33)37/h3-13,18-19,22,24-25H,14-15H2,1-2H3,(H,31,35). The summed E-state index contributed by atoms with van der Waals surface area (Å²) in [5.41, 5.74) is 1.79. The van der Waals surface area contributed by atoms with Crippen LogP contribution in [-0.4, -0.2) is 32.0 Å². The Kier molecular flexibility index (Phi) is 5.98. The van der Waals surface area contributed by atoms with Crippen LogP contribution < -0.4 is 10.9 Å². The molecular weight excluding hydrogens is 548 g/mol. The summed E-state index contributed by atoms with van der Waals surface area (Å²) in [7, 11) is 1.76. The predicted molar refractivity (Wildman–Crippen MR) is 145 cm³/mol. The van der Waals surface area contributed by atoms with E-state index in [1.807, 2.05) is 54.6 Å². The van der Waals surface area contributed by atoms with E-state index in [0.29, 0.717) is 16.9 Å². The first kappa shape index (κ1) is 24.6. The van der Waals surface area contributed by atoms with Gasteiger partial charge >= 0.3 is 0 Å². The van der Waals surface area contributed by atoms with Gasteiger partial charge in [0.1, 0.15) is 5.69 Å². The number of carbonyl (C=O) groups excluding carboxylic acids is 3. The van der Waals surface area contributed by atoms with Crippen molar-refractivity contribution in [2.24, 2.45) is 30.7 Å². The van der Waals surface area contributed by atoms with E-state index in [-0.39, 0.29) is 53.2 Å². The molecule has 8 nitrogen and oxygen atoms in total. The van der Waals surface area contributed by atoms with Gasteiger partial charge in [0.25, 0.3) is 5.56 Å². The number of para-hydroxylation sites is 1. The van der Waals surface area contributed by atoms with Gasteiger partial charge in [0, 0.05) is 11.5 Å². The fraction of sp³-hybridized carbons (Fsp3) is 0.310. The second-order valence-electron chi connectivity index (χ2n) is 10.3. The van der Waals surface area contributed by atoms with E-state index in [0.717, 1.165) is 10.9 Å². The first-order chi connectivity index (χ1) is 18.3. The molecule has 3 amide bonds. The molecule has 9 heteroatoms. The monoisotopic (exact) mass is 574 g/mol. The number of benzene rings is 2. The first-order valence-electron chi connectivity index (χ1n) is 12.7. The molecular formula is C29H27BrN4O4. The van der Waals surface area contributed by atoms with E-state index in [2.05, 4.69) is 33.4 Å². The van der Waals surface area contributed by atoms with E-state index >= 15 is 0 Å². The Hall–Kier alpha value is -3.72. The second-order valence-corrected chi connectivity index (χ2v) is 11.2. The van der Waals surface area contributed by atoms with Crippen molar-refractivity contribution in [1.82, 2.24) is 14.3 Å². The molecule has 3 aliphatic rings. The number of aromatic nitrogens is 2. The average Bonchev–Trinajstić information content (AvgIpc) is 3.64. The summed E-state index contributed by atoms with van der Waals surface area (Å²) in [5.74, 6) is -1.41. The highest BCUT2D eigenvalue weighted by atomic mass is 79.9. The van der Waals surface area contributed by atoms with Crippen LogP contribution in [0.2, 0.25) is 0 Å². The molecule has 2 aromatic carbocycles. The minimum atomic E-state index is -0.770. The van der Waals surface area contributed by atoms with Gasteiger partial charge in [-0.15, -0.1) is 0 Å². The molecule has 0 spiro atoms. The number of halogens is 1.